The molecule has 0 radical (unpaired) electrons. The predicted molar refractivity (Wildman–Crippen MR) is 91.9 cm³/mol. The first-order chi connectivity index (χ1) is 10.9. The molecular formula is C16H21N3O3S. The lowest BCUT2D eigenvalue weighted by Gasteiger charge is -2.23. The van der Waals surface area contributed by atoms with Gasteiger partial charge in [0.1, 0.15) is 0 Å². The molecule has 0 aliphatic carbocycles. The van der Waals surface area contributed by atoms with E-state index in [1.165, 1.54) is 4.31 Å². The molecule has 0 atom stereocenters. The number of para-hydroxylation sites is 1. The molecule has 0 unspecified atom stereocenters. The number of fused-ring (bicyclic) bond motifs is 1. The minimum atomic E-state index is -3.51. The van der Waals surface area contributed by atoms with Crippen molar-refractivity contribution >= 4 is 32.5 Å². The van der Waals surface area contributed by atoms with Crippen molar-refractivity contribution in [3.63, 3.8) is 0 Å². The van der Waals surface area contributed by atoms with Gasteiger partial charge in [0.05, 0.1) is 17.5 Å². The summed E-state index contributed by atoms with van der Waals surface area (Å²) >= 11 is 0. The molecule has 0 spiro atoms. The van der Waals surface area contributed by atoms with Gasteiger partial charge in [0.2, 0.25) is 15.9 Å². The number of carbonyl (C=O) groups is 1. The Morgan fingerprint density at radius 2 is 2.00 bits per heavy atom. The number of carbonyl (C=O) groups excluding carboxylic acids is 1. The Hall–Kier alpha value is -2.15. The van der Waals surface area contributed by atoms with Gasteiger partial charge in [-0.15, -0.1) is 0 Å². The second-order valence-corrected chi connectivity index (χ2v) is 7.19. The molecule has 0 bridgehead atoms. The number of hydrogen-bond donors (Lipinski definition) is 1. The molecule has 0 aliphatic heterocycles. The number of hydrogen-bond acceptors (Lipinski definition) is 4. The Bertz CT molecular complexity index is 785. The van der Waals surface area contributed by atoms with E-state index in [9.17, 15) is 13.2 Å². The number of anilines is 1. The molecule has 0 saturated carbocycles. The Labute approximate surface area is 136 Å². The largest absolute Gasteiger partial charge is 0.356 e. The summed E-state index contributed by atoms with van der Waals surface area (Å²) in [7, 11) is -3.51. The van der Waals surface area contributed by atoms with Crippen LogP contribution in [-0.4, -0.2) is 38.7 Å². The third kappa shape index (κ3) is 4.41. The Kier molecular flexibility index (Phi) is 5.54. The van der Waals surface area contributed by atoms with E-state index in [2.05, 4.69) is 10.3 Å². The SMILES string of the molecule is CCCNC(=O)CCN(c1cccc2cccnc12)S(C)(=O)=O. The maximum Gasteiger partial charge on any atom is 0.232 e. The van der Waals surface area contributed by atoms with Crippen LogP contribution in [0.25, 0.3) is 10.9 Å². The molecule has 1 aromatic carbocycles. The second kappa shape index (κ2) is 7.41. The fourth-order valence-corrected chi connectivity index (χ4v) is 3.24. The summed E-state index contributed by atoms with van der Waals surface area (Å²) in [5.41, 5.74) is 1.10. The minimum Gasteiger partial charge on any atom is -0.356 e. The first-order valence-corrected chi connectivity index (χ1v) is 9.36. The molecular weight excluding hydrogens is 314 g/mol. The molecule has 0 aliphatic rings. The van der Waals surface area contributed by atoms with Gasteiger partial charge in [0.15, 0.2) is 0 Å². The van der Waals surface area contributed by atoms with Gasteiger partial charge in [0.25, 0.3) is 0 Å². The zero-order valence-electron chi connectivity index (χ0n) is 13.3. The van der Waals surface area contributed by atoms with Gasteiger partial charge in [-0.2, -0.15) is 0 Å². The molecule has 1 N–H and O–H groups in total. The minimum absolute atomic E-state index is 0.0874. The monoisotopic (exact) mass is 335 g/mol. The van der Waals surface area contributed by atoms with Crippen molar-refractivity contribution < 1.29 is 13.2 Å². The van der Waals surface area contributed by atoms with Crippen molar-refractivity contribution in [2.24, 2.45) is 0 Å². The summed E-state index contributed by atoms with van der Waals surface area (Å²) in [5, 5.41) is 3.61. The van der Waals surface area contributed by atoms with Gasteiger partial charge in [-0.3, -0.25) is 14.1 Å². The number of benzene rings is 1. The van der Waals surface area contributed by atoms with Crippen molar-refractivity contribution in [2.75, 3.05) is 23.7 Å². The van der Waals surface area contributed by atoms with Gasteiger partial charge in [0, 0.05) is 31.1 Å². The highest BCUT2D eigenvalue weighted by molar-refractivity contribution is 7.92. The van der Waals surface area contributed by atoms with E-state index < -0.39 is 10.0 Å². The molecule has 0 saturated heterocycles. The number of sulfonamides is 1. The van der Waals surface area contributed by atoms with E-state index in [0.29, 0.717) is 17.7 Å². The average molecular weight is 335 g/mol. The highest BCUT2D eigenvalue weighted by Crippen LogP contribution is 2.26. The second-order valence-electron chi connectivity index (χ2n) is 5.29. The van der Waals surface area contributed by atoms with Gasteiger partial charge in [-0.25, -0.2) is 8.42 Å². The summed E-state index contributed by atoms with van der Waals surface area (Å²) in [6.07, 6.45) is 3.71. The van der Waals surface area contributed by atoms with Crippen LogP contribution in [0.4, 0.5) is 5.69 Å². The molecule has 1 heterocycles. The fourth-order valence-electron chi connectivity index (χ4n) is 2.31. The number of aromatic nitrogens is 1. The lowest BCUT2D eigenvalue weighted by atomic mass is 10.2. The normalized spacial score (nSPS) is 11.4. The quantitative estimate of drug-likeness (QED) is 0.838. The van der Waals surface area contributed by atoms with Crippen LogP contribution in [0, 0.1) is 0 Å². The maximum absolute atomic E-state index is 12.2. The highest BCUT2D eigenvalue weighted by atomic mass is 32.2. The molecule has 0 fully saturated rings. The van der Waals surface area contributed by atoms with E-state index in [1.54, 1.807) is 24.4 Å². The van der Waals surface area contributed by atoms with E-state index in [0.717, 1.165) is 18.1 Å². The van der Waals surface area contributed by atoms with Crippen molar-refractivity contribution in [2.45, 2.75) is 19.8 Å². The summed E-state index contributed by atoms with van der Waals surface area (Å²) in [6.45, 7) is 2.64. The maximum atomic E-state index is 12.2. The Morgan fingerprint density at radius 1 is 1.26 bits per heavy atom. The van der Waals surface area contributed by atoms with Crippen LogP contribution in [0.15, 0.2) is 36.5 Å². The zero-order valence-corrected chi connectivity index (χ0v) is 14.1. The highest BCUT2D eigenvalue weighted by Gasteiger charge is 2.21. The number of rotatable bonds is 7. The Morgan fingerprint density at radius 3 is 2.70 bits per heavy atom. The van der Waals surface area contributed by atoms with Crippen molar-refractivity contribution in [3.05, 3.63) is 36.5 Å². The third-order valence-electron chi connectivity index (χ3n) is 3.39. The van der Waals surface area contributed by atoms with Crippen molar-refractivity contribution in [3.8, 4) is 0 Å². The average Bonchev–Trinajstić information content (AvgIpc) is 2.52. The molecule has 1 aromatic heterocycles. The van der Waals surface area contributed by atoms with Crippen LogP contribution in [0.3, 0.4) is 0 Å². The van der Waals surface area contributed by atoms with Gasteiger partial charge in [-0.1, -0.05) is 25.1 Å². The topological polar surface area (TPSA) is 79.4 Å². The van der Waals surface area contributed by atoms with Crippen LogP contribution in [0.5, 0.6) is 0 Å². The lowest BCUT2D eigenvalue weighted by Crippen LogP contribution is -2.35. The van der Waals surface area contributed by atoms with Gasteiger partial charge in [-0.05, 0) is 18.6 Å². The molecule has 23 heavy (non-hydrogen) atoms. The third-order valence-corrected chi connectivity index (χ3v) is 4.57. The van der Waals surface area contributed by atoms with Gasteiger partial charge >= 0.3 is 0 Å². The van der Waals surface area contributed by atoms with Gasteiger partial charge < -0.3 is 5.32 Å². The van der Waals surface area contributed by atoms with Crippen LogP contribution in [-0.2, 0) is 14.8 Å². The van der Waals surface area contributed by atoms with Crippen LogP contribution < -0.4 is 9.62 Å². The van der Waals surface area contributed by atoms with Crippen LogP contribution in [0.1, 0.15) is 19.8 Å². The molecule has 6 nitrogen and oxygen atoms in total. The molecule has 2 rings (SSSR count). The Balaban J connectivity index is 2.30. The number of nitrogens with zero attached hydrogens (tertiary/aromatic N) is 2. The summed E-state index contributed by atoms with van der Waals surface area (Å²) in [4.78, 5) is 16.1. The molecule has 7 heteroatoms. The van der Waals surface area contributed by atoms with E-state index >= 15 is 0 Å². The van der Waals surface area contributed by atoms with Crippen LogP contribution >= 0.6 is 0 Å². The first kappa shape index (κ1) is 17.2. The predicted octanol–water partition coefficient (Wildman–Crippen LogP) is 1.92. The van der Waals surface area contributed by atoms with Crippen molar-refractivity contribution in [1.29, 1.82) is 0 Å². The summed E-state index contributed by atoms with van der Waals surface area (Å²) in [6, 6.07) is 9.05. The summed E-state index contributed by atoms with van der Waals surface area (Å²) in [5.74, 6) is -0.159. The fraction of sp³-hybridized carbons (Fsp3) is 0.375. The lowest BCUT2D eigenvalue weighted by molar-refractivity contribution is -0.120. The summed E-state index contributed by atoms with van der Waals surface area (Å²) < 4.78 is 25.6. The number of nitrogens with one attached hydrogen (secondary N) is 1. The van der Waals surface area contributed by atoms with E-state index in [4.69, 9.17) is 0 Å². The number of amides is 1. The van der Waals surface area contributed by atoms with E-state index in [-0.39, 0.29) is 18.9 Å². The number of pyridine rings is 1. The van der Waals surface area contributed by atoms with Crippen molar-refractivity contribution in [1.82, 2.24) is 10.3 Å². The standard InChI is InChI=1S/C16H21N3O3S/c1-3-10-17-15(20)9-12-19(23(2,21)22)14-8-4-6-13-7-5-11-18-16(13)14/h4-8,11H,3,9-10,12H2,1-2H3,(H,17,20). The first-order valence-electron chi connectivity index (χ1n) is 7.51. The molecule has 2 aromatic rings. The molecule has 1 amide bonds. The zero-order chi connectivity index (χ0) is 16.9. The molecule has 124 valence electrons. The smallest absolute Gasteiger partial charge is 0.232 e. The van der Waals surface area contributed by atoms with Crippen LogP contribution in [0.2, 0.25) is 0 Å². The van der Waals surface area contributed by atoms with E-state index in [1.807, 2.05) is 19.1 Å².